The third-order valence-corrected chi connectivity index (χ3v) is 6.34. The molecule has 0 saturated heterocycles. The molecule has 1 aromatic carbocycles. The molecule has 2 aliphatic rings. The van der Waals surface area contributed by atoms with Crippen LogP contribution in [0.5, 0.6) is 0 Å². The molecule has 1 fully saturated rings. The van der Waals surface area contributed by atoms with Crippen molar-refractivity contribution in [3.8, 4) is 0 Å². The zero-order valence-corrected chi connectivity index (χ0v) is 12.9. The van der Waals surface area contributed by atoms with E-state index in [1.54, 1.807) is 0 Å². The van der Waals surface area contributed by atoms with E-state index in [4.69, 9.17) is 0 Å². The van der Waals surface area contributed by atoms with Gasteiger partial charge in [-0.2, -0.15) is 0 Å². The number of halogens is 1. The molecule has 1 aliphatic carbocycles. The highest BCUT2D eigenvalue weighted by Crippen LogP contribution is 2.51. The fourth-order valence-electron chi connectivity index (χ4n) is 3.43. The van der Waals surface area contributed by atoms with Crippen molar-refractivity contribution in [3.05, 3.63) is 34.9 Å². The number of fused-ring (bicyclic) bond motifs is 1. The van der Waals surface area contributed by atoms with Gasteiger partial charge < -0.3 is 5.32 Å². The number of rotatable bonds is 2. The molecule has 2 nitrogen and oxygen atoms in total. The second-order valence-corrected chi connectivity index (χ2v) is 7.06. The molecule has 1 unspecified atom stereocenters. The average Bonchev–Trinajstić information content (AvgIpc) is 2.86. The lowest BCUT2D eigenvalue weighted by atomic mass is 9.81. The van der Waals surface area contributed by atoms with Crippen molar-refractivity contribution in [1.82, 2.24) is 5.32 Å². The van der Waals surface area contributed by atoms with Gasteiger partial charge in [0.25, 0.3) is 5.91 Å². The van der Waals surface area contributed by atoms with E-state index in [0.29, 0.717) is 10.2 Å². The number of carbonyl (C=O) groups excluding carboxylic acids is 1. The highest BCUT2D eigenvalue weighted by atomic mass is 79.9. The van der Waals surface area contributed by atoms with Gasteiger partial charge in [0.2, 0.25) is 0 Å². The number of alkyl halides is 1. The zero-order valence-electron chi connectivity index (χ0n) is 11.3. The molecule has 0 radical (unpaired) electrons. The van der Waals surface area contributed by atoms with Crippen molar-refractivity contribution in [3.63, 3.8) is 0 Å². The van der Waals surface area contributed by atoms with Gasteiger partial charge in [-0.05, 0) is 41.9 Å². The van der Waals surface area contributed by atoms with Gasteiger partial charge in [-0.1, -0.05) is 47.8 Å². The Hall–Kier alpha value is -0.830. The van der Waals surface area contributed by atoms with E-state index in [1.165, 1.54) is 36.8 Å². The Kier molecular flexibility index (Phi) is 3.42. The molecule has 0 spiro atoms. The number of benzene rings is 1. The third-order valence-electron chi connectivity index (χ3n) is 4.71. The van der Waals surface area contributed by atoms with Crippen molar-refractivity contribution >= 4 is 21.8 Å². The van der Waals surface area contributed by atoms with Gasteiger partial charge in [0.1, 0.15) is 0 Å². The van der Waals surface area contributed by atoms with E-state index in [0.717, 1.165) is 18.5 Å². The highest BCUT2D eigenvalue weighted by Gasteiger charge is 2.36. The first-order chi connectivity index (χ1) is 9.10. The standard InChI is InChI=1S/C16H20BrNO/c1-16(7-2-3-8-16)14(17)12-5-4-11-6-9-18-15(19)13(11)10-12/h4-5,10,14H,2-3,6-9H2,1H3,(H,18,19). The molecule has 3 rings (SSSR count). The summed E-state index contributed by atoms with van der Waals surface area (Å²) >= 11 is 3.89. The minimum atomic E-state index is 0.0828. The molecule has 0 aromatic heterocycles. The summed E-state index contributed by atoms with van der Waals surface area (Å²) in [7, 11) is 0. The van der Waals surface area contributed by atoms with E-state index < -0.39 is 0 Å². The SMILES string of the molecule is CC1(C(Br)c2ccc3c(c2)C(=O)NCC3)CCCC1. The van der Waals surface area contributed by atoms with Gasteiger partial charge >= 0.3 is 0 Å². The van der Waals surface area contributed by atoms with Gasteiger partial charge in [0, 0.05) is 16.9 Å². The molecule has 19 heavy (non-hydrogen) atoms. The minimum Gasteiger partial charge on any atom is -0.352 e. The fourth-order valence-corrected chi connectivity index (χ4v) is 4.17. The molecular formula is C16H20BrNO. The van der Waals surface area contributed by atoms with Gasteiger partial charge in [-0.3, -0.25) is 4.79 Å². The molecule has 1 atom stereocenters. The predicted octanol–water partition coefficient (Wildman–Crippen LogP) is 3.99. The summed E-state index contributed by atoms with van der Waals surface area (Å²) in [6, 6.07) is 6.42. The van der Waals surface area contributed by atoms with E-state index in [2.05, 4.69) is 46.4 Å². The highest BCUT2D eigenvalue weighted by molar-refractivity contribution is 9.09. The van der Waals surface area contributed by atoms with E-state index in [-0.39, 0.29) is 5.91 Å². The van der Waals surface area contributed by atoms with Gasteiger partial charge in [-0.15, -0.1) is 0 Å². The van der Waals surface area contributed by atoms with Gasteiger partial charge in [0.15, 0.2) is 0 Å². The van der Waals surface area contributed by atoms with Crippen LogP contribution in [0, 0.1) is 5.41 Å². The van der Waals surface area contributed by atoms with Crippen LogP contribution >= 0.6 is 15.9 Å². The Bertz CT molecular complexity index is 505. The predicted molar refractivity (Wildman–Crippen MR) is 80.7 cm³/mol. The maximum atomic E-state index is 11.9. The molecule has 102 valence electrons. The lowest BCUT2D eigenvalue weighted by Crippen LogP contribution is -2.32. The van der Waals surface area contributed by atoms with Crippen LogP contribution in [0.1, 0.15) is 58.9 Å². The van der Waals surface area contributed by atoms with Crippen molar-refractivity contribution in [2.24, 2.45) is 5.41 Å². The molecule has 1 aromatic rings. The number of nitrogens with one attached hydrogen (secondary N) is 1. The van der Waals surface area contributed by atoms with Crippen LogP contribution in [0.2, 0.25) is 0 Å². The minimum absolute atomic E-state index is 0.0828. The first-order valence-electron chi connectivity index (χ1n) is 7.15. The van der Waals surface area contributed by atoms with Crippen LogP contribution in [0.3, 0.4) is 0 Å². The van der Waals surface area contributed by atoms with Crippen molar-refractivity contribution in [2.45, 2.75) is 43.9 Å². The maximum Gasteiger partial charge on any atom is 0.251 e. The Morgan fingerprint density at radius 1 is 1.32 bits per heavy atom. The fraction of sp³-hybridized carbons (Fsp3) is 0.562. The van der Waals surface area contributed by atoms with Crippen LogP contribution in [0.4, 0.5) is 0 Å². The summed E-state index contributed by atoms with van der Waals surface area (Å²) in [5.41, 5.74) is 3.64. The summed E-state index contributed by atoms with van der Waals surface area (Å²) in [4.78, 5) is 12.3. The second kappa shape index (κ2) is 4.93. The average molecular weight is 322 g/mol. The quantitative estimate of drug-likeness (QED) is 0.820. The summed E-state index contributed by atoms with van der Waals surface area (Å²) in [6.45, 7) is 3.12. The number of amides is 1. The Balaban J connectivity index is 1.93. The van der Waals surface area contributed by atoms with Crippen LogP contribution in [-0.2, 0) is 6.42 Å². The van der Waals surface area contributed by atoms with Crippen molar-refractivity contribution in [2.75, 3.05) is 6.54 Å². The largest absolute Gasteiger partial charge is 0.352 e. The monoisotopic (exact) mass is 321 g/mol. The van der Waals surface area contributed by atoms with Crippen molar-refractivity contribution in [1.29, 1.82) is 0 Å². The van der Waals surface area contributed by atoms with Crippen LogP contribution in [-0.4, -0.2) is 12.5 Å². The topological polar surface area (TPSA) is 29.1 Å². The van der Waals surface area contributed by atoms with Crippen molar-refractivity contribution < 1.29 is 4.79 Å². The Labute approximate surface area is 123 Å². The first kappa shape index (κ1) is 13.2. The summed E-state index contributed by atoms with van der Waals surface area (Å²) < 4.78 is 0. The van der Waals surface area contributed by atoms with Crippen LogP contribution in [0.25, 0.3) is 0 Å². The third kappa shape index (κ3) is 2.33. The Morgan fingerprint density at radius 3 is 2.79 bits per heavy atom. The Morgan fingerprint density at radius 2 is 2.05 bits per heavy atom. The molecule has 1 N–H and O–H groups in total. The lowest BCUT2D eigenvalue weighted by molar-refractivity contribution is 0.0946. The second-order valence-electron chi connectivity index (χ2n) is 6.15. The zero-order chi connectivity index (χ0) is 13.5. The summed E-state index contributed by atoms with van der Waals surface area (Å²) in [6.07, 6.45) is 6.14. The number of carbonyl (C=O) groups is 1. The van der Waals surface area contributed by atoms with Crippen LogP contribution in [0.15, 0.2) is 18.2 Å². The summed E-state index contributed by atoms with van der Waals surface area (Å²) in [5, 5.41) is 2.93. The molecular weight excluding hydrogens is 302 g/mol. The number of hydrogen-bond donors (Lipinski definition) is 1. The van der Waals surface area contributed by atoms with Crippen LogP contribution < -0.4 is 5.32 Å². The normalized spacial score (nSPS) is 22.7. The smallest absolute Gasteiger partial charge is 0.251 e. The molecule has 1 aliphatic heterocycles. The van der Waals surface area contributed by atoms with E-state index in [1.807, 2.05) is 0 Å². The van der Waals surface area contributed by atoms with E-state index in [9.17, 15) is 4.79 Å². The molecule has 1 saturated carbocycles. The summed E-state index contributed by atoms with van der Waals surface area (Å²) in [5.74, 6) is 0.0828. The first-order valence-corrected chi connectivity index (χ1v) is 8.07. The number of hydrogen-bond acceptors (Lipinski definition) is 1. The van der Waals surface area contributed by atoms with E-state index >= 15 is 0 Å². The molecule has 3 heteroatoms. The molecule has 1 amide bonds. The molecule has 0 bridgehead atoms. The van der Waals surface area contributed by atoms with Gasteiger partial charge in [0.05, 0.1) is 0 Å². The lowest BCUT2D eigenvalue weighted by Gasteiger charge is -2.31. The molecule has 1 heterocycles. The maximum absolute atomic E-state index is 11.9. The van der Waals surface area contributed by atoms with Gasteiger partial charge in [-0.25, -0.2) is 0 Å².